The van der Waals surface area contributed by atoms with E-state index in [0.717, 1.165) is 18.8 Å². The number of fused-ring (bicyclic) bond motifs is 1. The average molecular weight is 200 g/mol. The van der Waals surface area contributed by atoms with E-state index in [1.807, 2.05) is 6.92 Å². The molecule has 15 heavy (non-hydrogen) atoms. The van der Waals surface area contributed by atoms with Crippen LogP contribution in [0, 0.1) is 6.92 Å². The van der Waals surface area contributed by atoms with Gasteiger partial charge in [0.25, 0.3) is 0 Å². The maximum Gasteiger partial charge on any atom is 0.122 e. The minimum Gasteiger partial charge on any atom is -0.494 e. The SMILES string of the molecule is CCOc1cc2c(cc1C)C=CCC=C2. The standard InChI is InChI=1S/C14H16O/c1-3-15-14-10-13-8-6-4-5-7-12(13)9-11(14)2/h5-10H,3-4H2,1-2H3. The van der Waals surface area contributed by atoms with Crippen molar-refractivity contribution >= 4 is 12.2 Å². The van der Waals surface area contributed by atoms with Crippen LogP contribution in [0.25, 0.3) is 12.2 Å². The Kier molecular flexibility index (Phi) is 2.91. The second kappa shape index (κ2) is 4.35. The van der Waals surface area contributed by atoms with E-state index >= 15 is 0 Å². The fourth-order valence-electron chi connectivity index (χ4n) is 1.79. The molecular weight excluding hydrogens is 184 g/mol. The van der Waals surface area contributed by atoms with Crippen LogP contribution in [0.4, 0.5) is 0 Å². The summed E-state index contributed by atoms with van der Waals surface area (Å²) in [7, 11) is 0. The third-order valence-electron chi connectivity index (χ3n) is 2.55. The predicted molar refractivity (Wildman–Crippen MR) is 65.0 cm³/mol. The zero-order valence-electron chi connectivity index (χ0n) is 9.29. The minimum atomic E-state index is 0.721. The van der Waals surface area contributed by atoms with Gasteiger partial charge in [0, 0.05) is 0 Å². The van der Waals surface area contributed by atoms with Crippen LogP contribution < -0.4 is 4.74 Å². The summed E-state index contributed by atoms with van der Waals surface area (Å²) < 4.78 is 5.59. The van der Waals surface area contributed by atoms with Gasteiger partial charge in [0.2, 0.25) is 0 Å². The van der Waals surface area contributed by atoms with Crippen LogP contribution in [0.5, 0.6) is 5.75 Å². The van der Waals surface area contributed by atoms with Gasteiger partial charge in [-0.2, -0.15) is 0 Å². The number of hydrogen-bond donors (Lipinski definition) is 0. The summed E-state index contributed by atoms with van der Waals surface area (Å²) in [5.74, 6) is 0.996. The van der Waals surface area contributed by atoms with Gasteiger partial charge in [0.1, 0.15) is 5.75 Å². The number of allylic oxidation sites excluding steroid dienone is 2. The topological polar surface area (TPSA) is 9.23 Å². The molecule has 0 bridgehead atoms. The Morgan fingerprint density at radius 3 is 2.47 bits per heavy atom. The van der Waals surface area contributed by atoms with Crippen molar-refractivity contribution in [2.45, 2.75) is 20.3 Å². The zero-order valence-corrected chi connectivity index (χ0v) is 9.29. The van der Waals surface area contributed by atoms with Gasteiger partial charge in [-0.1, -0.05) is 24.3 Å². The monoisotopic (exact) mass is 200 g/mol. The van der Waals surface area contributed by atoms with Crippen molar-refractivity contribution in [3.05, 3.63) is 41.0 Å². The van der Waals surface area contributed by atoms with Crippen molar-refractivity contribution in [3.8, 4) is 5.75 Å². The molecular formula is C14H16O. The third-order valence-corrected chi connectivity index (χ3v) is 2.55. The number of benzene rings is 1. The van der Waals surface area contributed by atoms with Gasteiger partial charge in [0.15, 0.2) is 0 Å². The van der Waals surface area contributed by atoms with Crippen molar-refractivity contribution < 1.29 is 4.74 Å². The maximum absolute atomic E-state index is 5.59. The highest BCUT2D eigenvalue weighted by Gasteiger charge is 2.05. The van der Waals surface area contributed by atoms with E-state index in [-0.39, 0.29) is 0 Å². The van der Waals surface area contributed by atoms with Crippen molar-refractivity contribution in [2.75, 3.05) is 6.61 Å². The Hall–Kier alpha value is -1.50. The van der Waals surface area contributed by atoms with E-state index in [2.05, 4.69) is 43.4 Å². The molecule has 0 saturated carbocycles. The summed E-state index contributed by atoms with van der Waals surface area (Å²) >= 11 is 0. The van der Waals surface area contributed by atoms with Crippen molar-refractivity contribution in [1.82, 2.24) is 0 Å². The lowest BCUT2D eigenvalue weighted by molar-refractivity contribution is 0.338. The summed E-state index contributed by atoms with van der Waals surface area (Å²) in [5.41, 5.74) is 3.73. The van der Waals surface area contributed by atoms with Gasteiger partial charge in [0.05, 0.1) is 6.61 Å². The van der Waals surface area contributed by atoms with Crippen LogP contribution in [0.2, 0.25) is 0 Å². The molecule has 0 unspecified atom stereocenters. The molecule has 0 N–H and O–H groups in total. The Labute approximate surface area is 91.1 Å². The third kappa shape index (κ3) is 2.12. The summed E-state index contributed by atoms with van der Waals surface area (Å²) in [6.45, 7) is 4.83. The number of rotatable bonds is 2. The molecule has 1 aromatic rings. The smallest absolute Gasteiger partial charge is 0.122 e. The summed E-state index contributed by atoms with van der Waals surface area (Å²) in [6, 6.07) is 4.31. The lowest BCUT2D eigenvalue weighted by atomic mass is 10.0. The normalized spacial score (nSPS) is 13.5. The summed E-state index contributed by atoms with van der Waals surface area (Å²) in [4.78, 5) is 0. The van der Waals surface area contributed by atoms with Crippen molar-refractivity contribution in [2.24, 2.45) is 0 Å². The van der Waals surface area contributed by atoms with E-state index in [9.17, 15) is 0 Å². The van der Waals surface area contributed by atoms with E-state index in [4.69, 9.17) is 4.74 Å². The van der Waals surface area contributed by atoms with Crippen molar-refractivity contribution in [3.63, 3.8) is 0 Å². The molecule has 0 amide bonds. The maximum atomic E-state index is 5.59. The number of ether oxygens (including phenoxy) is 1. The van der Waals surface area contributed by atoms with Crippen molar-refractivity contribution in [1.29, 1.82) is 0 Å². The molecule has 1 aliphatic carbocycles. The van der Waals surface area contributed by atoms with Crippen LogP contribution in [-0.2, 0) is 0 Å². The molecule has 0 heterocycles. The minimum absolute atomic E-state index is 0.721. The molecule has 1 nitrogen and oxygen atoms in total. The van der Waals surface area contributed by atoms with Crippen LogP contribution in [0.15, 0.2) is 24.3 Å². The number of aryl methyl sites for hydroxylation is 1. The molecule has 0 saturated heterocycles. The fourth-order valence-corrected chi connectivity index (χ4v) is 1.79. The Morgan fingerprint density at radius 2 is 1.80 bits per heavy atom. The largest absolute Gasteiger partial charge is 0.494 e. The first-order valence-electron chi connectivity index (χ1n) is 5.42. The highest BCUT2D eigenvalue weighted by molar-refractivity contribution is 5.69. The molecule has 0 spiro atoms. The first-order chi connectivity index (χ1) is 7.31. The highest BCUT2D eigenvalue weighted by Crippen LogP contribution is 2.26. The Balaban J connectivity index is 2.47. The van der Waals surface area contributed by atoms with Gasteiger partial charge < -0.3 is 4.74 Å². The Morgan fingerprint density at radius 1 is 1.13 bits per heavy atom. The lowest BCUT2D eigenvalue weighted by Gasteiger charge is -2.10. The summed E-state index contributed by atoms with van der Waals surface area (Å²) in [5, 5.41) is 0. The fraction of sp³-hybridized carbons (Fsp3) is 0.286. The van der Waals surface area contributed by atoms with Crippen LogP contribution >= 0.6 is 0 Å². The molecule has 1 aromatic carbocycles. The first kappa shape index (κ1) is 10.0. The molecule has 0 aliphatic heterocycles. The van der Waals surface area contributed by atoms with Crippen LogP contribution in [0.1, 0.15) is 30.0 Å². The van der Waals surface area contributed by atoms with Gasteiger partial charge in [-0.25, -0.2) is 0 Å². The zero-order chi connectivity index (χ0) is 10.7. The predicted octanol–water partition coefficient (Wildman–Crippen LogP) is 3.82. The second-order valence-electron chi connectivity index (χ2n) is 3.72. The van der Waals surface area contributed by atoms with Gasteiger partial charge in [-0.3, -0.25) is 0 Å². The molecule has 0 fully saturated rings. The highest BCUT2D eigenvalue weighted by atomic mass is 16.5. The van der Waals surface area contributed by atoms with Gasteiger partial charge in [-0.15, -0.1) is 0 Å². The molecule has 0 atom stereocenters. The van der Waals surface area contributed by atoms with Crippen LogP contribution in [0.3, 0.4) is 0 Å². The van der Waals surface area contributed by atoms with E-state index in [1.54, 1.807) is 0 Å². The van der Waals surface area contributed by atoms with Gasteiger partial charge in [-0.05, 0) is 49.1 Å². The molecule has 78 valence electrons. The van der Waals surface area contributed by atoms with Gasteiger partial charge >= 0.3 is 0 Å². The number of hydrogen-bond acceptors (Lipinski definition) is 1. The van der Waals surface area contributed by atoms with E-state index < -0.39 is 0 Å². The quantitative estimate of drug-likeness (QED) is 0.705. The van der Waals surface area contributed by atoms with E-state index in [0.29, 0.717) is 0 Å². The molecule has 1 heteroatoms. The molecule has 2 rings (SSSR count). The average Bonchev–Trinajstić information content (AvgIpc) is 2.44. The second-order valence-corrected chi connectivity index (χ2v) is 3.72. The first-order valence-corrected chi connectivity index (χ1v) is 5.42. The molecule has 1 aliphatic rings. The molecule has 0 aromatic heterocycles. The molecule has 0 radical (unpaired) electrons. The lowest BCUT2D eigenvalue weighted by Crippen LogP contribution is -1.95. The summed E-state index contributed by atoms with van der Waals surface area (Å²) in [6.07, 6.45) is 9.71. The Bertz CT molecular complexity index is 414. The van der Waals surface area contributed by atoms with Crippen LogP contribution in [-0.4, -0.2) is 6.61 Å². The van der Waals surface area contributed by atoms with E-state index in [1.165, 1.54) is 16.7 Å².